The van der Waals surface area contributed by atoms with Crippen molar-refractivity contribution in [3.05, 3.63) is 313 Å². The van der Waals surface area contributed by atoms with Gasteiger partial charge >= 0.3 is 0 Å². The van der Waals surface area contributed by atoms with Crippen LogP contribution >= 0.6 is 22.9 Å². The van der Waals surface area contributed by atoms with E-state index in [1.54, 1.807) is 52.6 Å². The smallest absolute Gasteiger partial charge is 0.297 e. The van der Waals surface area contributed by atoms with Gasteiger partial charge in [0, 0.05) is 138 Å². The molecular formula is C103H126ClF2N19O5S. The number of nitriles is 1. The summed E-state index contributed by atoms with van der Waals surface area (Å²) in [5, 5.41) is 15.1. The number of methoxy groups -OCH3 is 2. The summed E-state index contributed by atoms with van der Waals surface area (Å²) < 4.78 is 52.7. The van der Waals surface area contributed by atoms with Crippen molar-refractivity contribution in [3.63, 3.8) is 0 Å². The third-order valence-electron chi connectivity index (χ3n) is 20.6. The Bertz CT molecular complexity index is 6270. The molecule has 4 aromatic carbocycles. The van der Waals surface area contributed by atoms with Crippen molar-refractivity contribution in [1.82, 2.24) is 89.3 Å². The normalized spacial score (nSPS) is 12.2. The lowest BCUT2D eigenvalue weighted by atomic mass is 10.00. The molecule has 3 aliphatic heterocycles. The van der Waals surface area contributed by atoms with E-state index in [0.29, 0.717) is 56.1 Å². The number of aryl methyl sites for hydroxylation is 23. The molecule has 0 spiro atoms. The Morgan fingerprint density at radius 2 is 0.969 bits per heavy atom. The Morgan fingerprint density at radius 1 is 0.420 bits per heavy atom. The Balaban J connectivity index is 0.000000177. The minimum atomic E-state index is -2.64. The topological polar surface area (TPSA) is 277 Å². The molecule has 24 nitrogen and oxygen atoms in total. The minimum absolute atomic E-state index is 0.438. The lowest BCUT2D eigenvalue weighted by Gasteiger charge is -2.25. The Labute approximate surface area is 779 Å². The minimum Gasteiger partial charge on any atom is -0.481 e. The third kappa shape index (κ3) is 33.1. The molecule has 0 amide bonds. The van der Waals surface area contributed by atoms with Crippen LogP contribution in [0.4, 0.5) is 8.78 Å². The van der Waals surface area contributed by atoms with E-state index in [2.05, 4.69) is 209 Å². The highest BCUT2D eigenvalue weighted by Gasteiger charge is 2.20. The molecule has 0 atom stereocenters. The number of halogens is 3. The second kappa shape index (κ2) is 50.0. The molecule has 28 heteroatoms. The van der Waals surface area contributed by atoms with Gasteiger partial charge in [0.15, 0.2) is 40.2 Å². The zero-order chi connectivity index (χ0) is 96.0. The Hall–Kier alpha value is -12.6. The first kappa shape index (κ1) is 104. The third-order valence-corrected chi connectivity index (χ3v) is 21.9. The molecule has 0 fully saturated rings. The van der Waals surface area contributed by atoms with Crippen LogP contribution in [0.5, 0.6) is 11.8 Å². The number of oxazole rings is 3. The summed E-state index contributed by atoms with van der Waals surface area (Å²) >= 11 is 7.78. The number of likely N-dealkylation sites (N-methyl/N-ethyl adjacent to an activating group) is 3. The average Bonchev–Trinajstić information content (AvgIpc) is 1.32. The fourth-order valence-corrected chi connectivity index (χ4v) is 15.0. The molecule has 0 N–H and O–H groups in total. The molecule has 0 saturated carbocycles. The average molecular weight is 1820 g/mol. The number of aromatic nitrogens is 15. The van der Waals surface area contributed by atoms with E-state index >= 15 is 0 Å². The number of fused-ring (bicyclic) bond motifs is 7. The number of ether oxygens (including phenoxy) is 2. The number of rotatable bonds is 3. The SMILES string of the molecule is CN1CCc2cn(C)nc2C1.COc1nc(C)ccc1C.COc1nc(C)cnc1C.Cc1cc(C#N)c2oc(C)nc2c1.Cc1cc(C)c(C)cn1.Cc1cc(C)c2c(n1)CN(C)CC2.Cc1cc(Cl)c2oc(C)nc2c1.Cc1ccc(C)cc1.Cc1ccc(C)nc1.Cc1ccc2oc(C)nc2c1.Cc1cnc2c(C)nc(C(F)F)nc2c1.Cc1nc2c(s1)CN(C)CC2. The van der Waals surface area contributed by atoms with Gasteiger partial charge in [-0.1, -0.05) is 65.2 Å². The lowest BCUT2D eigenvalue weighted by molar-refractivity contribution is 0.140. The molecule has 0 aliphatic carbocycles. The number of hydrogen-bond acceptors (Lipinski definition) is 24. The van der Waals surface area contributed by atoms with Crippen molar-refractivity contribution in [1.29, 1.82) is 5.26 Å². The summed E-state index contributed by atoms with van der Waals surface area (Å²) in [5.74, 6) is 2.87. The molecule has 0 bridgehead atoms. The van der Waals surface area contributed by atoms with Gasteiger partial charge in [-0.3, -0.25) is 29.6 Å². The first-order chi connectivity index (χ1) is 62.1. The van der Waals surface area contributed by atoms with Crippen LogP contribution in [-0.4, -0.2) is 144 Å². The van der Waals surface area contributed by atoms with E-state index < -0.39 is 12.2 Å². The Kier molecular flexibility index (Phi) is 39.6. The van der Waals surface area contributed by atoms with Crippen LogP contribution in [-0.2, 0) is 45.9 Å². The van der Waals surface area contributed by atoms with Crippen molar-refractivity contribution in [2.75, 3.05) is 55.0 Å². The highest BCUT2D eigenvalue weighted by molar-refractivity contribution is 7.11. The second-order valence-electron chi connectivity index (χ2n) is 33.2. The van der Waals surface area contributed by atoms with Crippen LogP contribution in [0.2, 0.25) is 5.02 Å². The predicted octanol–water partition coefficient (Wildman–Crippen LogP) is 22.8. The molecule has 3 aliphatic rings. The maximum Gasteiger partial charge on any atom is 0.297 e. The van der Waals surface area contributed by atoms with Crippen molar-refractivity contribution in [2.45, 2.75) is 198 Å². The monoisotopic (exact) mass is 1810 g/mol. The largest absolute Gasteiger partial charge is 0.481 e. The quantitative estimate of drug-likeness (QED) is 0.159. The van der Waals surface area contributed by atoms with Gasteiger partial charge < -0.3 is 37.4 Å². The zero-order valence-electron chi connectivity index (χ0n) is 81.3. The van der Waals surface area contributed by atoms with Gasteiger partial charge in [0.25, 0.3) is 6.43 Å². The number of nitrogens with zero attached hydrogens (tertiary/aromatic N) is 19. The predicted molar refractivity (Wildman–Crippen MR) is 522 cm³/mol. The van der Waals surface area contributed by atoms with Crippen LogP contribution in [0.25, 0.3) is 44.3 Å². The summed E-state index contributed by atoms with van der Waals surface area (Å²) in [6.07, 6.45) is 10.1. The van der Waals surface area contributed by atoms with Crippen molar-refractivity contribution in [2.24, 2.45) is 7.05 Å². The van der Waals surface area contributed by atoms with Gasteiger partial charge in [-0.25, -0.2) is 48.7 Å². The van der Waals surface area contributed by atoms with Crippen LogP contribution < -0.4 is 9.47 Å². The molecule has 0 radical (unpaired) electrons. The van der Waals surface area contributed by atoms with Gasteiger partial charge in [0.05, 0.1) is 69.5 Å². The molecule has 15 heterocycles. The van der Waals surface area contributed by atoms with E-state index in [4.69, 9.17) is 39.6 Å². The highest BCUT2D eigenvalue weighted by atomic mass is 35.5. The van der Waals surface area contributed by atoms with Crippen LogP contribution in [0.3, 0.4) is 0 Å². The molecule has 131 heavy (non-hydrogen) atoms. The van der Waals surface area contributed by atoms with Crippen LogP contribution in [0.1, 0.15) is 175 Å². The molecule has 12 aromatic heterocycles. The summed E-state index contributed by atoms with van der Waals surface area (Å²) in [6, 6.07) is 38.1. The van der Waals surface area contributed by atoms with Crippen molar-refractivity contribution >= 4 is 67.3 Å². The summed E-state index contributed by atoms with van der Waals surface area (Å²) in [7, 11) is 11.7. The maximum atomic E-state index is 12.4. The fraction of sp³-hybridized carbons (Fsp3) is 0.369. The van der Waals surface area contributed by atoms with Crippen molar-refractivity contribution < 1.29 is 31.5 Å². The molecular weight excluding hydrogens is 1690 g/mol. The molecule has 16 aromatic rings. The van der Waals surface area contributed by atoms with E-state index in [1.165, 1.54) is 90.1 Å². The lowest BCUT2D eigenvalue weighted by Crippen LogP contribution is -2.28. The first-order valence-corrected chi connectivity index (χ1v) is 44.5. The Morgan fingerprint density at radius 3 is 1.58 bits per heavy atom. The molecule has 0 unspecified atom stereocenters. The maximum absolute atomic E-state index is 12.4. The zero-order valence-corrected chi connectivity index (χ0v) is 82.9. The van der Waals surface area contributed by atoms with Gasteiger partial charge in [-0.05, 0) is 288 Å². The molecule has 690 valence electrons. The first-order valence-electron chi connectivity index (χ1n) is 43.3. The number of alkyl halides is 2. The number of pyridine rings is 5. The number of hydrogen-bond donors (Lipinski definition) is 0. The standard InChI is InChI=1S/C11H16N2.C10H9F2N3.C10H8N2O.C9H8ClNO.C9H9NO.C8H13N3.C8H12N2S.C8H11NO.C8H11N.C8H10.C7H10N2O.C7H9N/c1-8-6-9(2)12-11-7-13(3)5-4-10(8)11;1-5-3-7-8(13-4-5)6(2)14-10(15-7)9(11)12;1-6-3-8(5-11)10-9(4-6)12-7(2)13-10;1-5-3-7(10)9-8(4-5)11-6(2)12-9;1-6-3-4-9-8(5-6)10-7(2)11-9;1-10-4-3-7-5-11(2)9-8(7)6-10;1-6-9-7-3-4-10(2)5-8(7)11-6;1-6-4-5-7(2)9-8(6)10-3;1-6-4-8(3)9-5-7(6)2;1-7-3-5-8(2)6-4-7;1-5-4-8-6(2)7(9-5)10-3;1-6-3-4-7(2)8-5-6/h6H,4-5,7H2,1-3H3;3-4,9H,1-2H3;3-4H,1-2H3;3-4H,1-2H3;3-5H,1-2H3;5H,3-4,6H2,1-2H3;3-5H2,1-2H3;4-5H,1-3H3;4-5H,1-3H3;3-6H,1-2H3;4H,1-3H3;3-5H,1-2H3. The van der Waals surface area contributed by atoms with E-state index in [9.17, 15) is 8.78 Å². The van der Waals surface area contributed by atoms with Gasteiger partial charge in [0.2, 0.25) is 11.8 Å². The fourth-order valence-electron chi connectivity index (χ4n) is 13.7. The van der Waals surface area contributed by atoms with E-state index in [1.807, 2.05) is 180 Å². The van der Waals surface area contributed by atoms with Crippen LogP contribution in [0, 0.1) is 164 Å². The van der Waals surface area contributed by atoms with Crippen molar-refractivity contribution in [3.8, 4) is 17.8 Å². The van der Waals surface area contributed by atoms with Crippen LogP contribution in [0.15, 0.2) is 153 Å². The van der Waals surface area contributed by atoms with Gasteiger partial charge in [-0.15, -0.1) is 11.3 Å². The molecule has 0 saturated heterocycles. The summed E-state index contributed by atoms with van der Waals surface area (Å²) in [4.78, 5) is 62.2. The van der Waals surface area contributed by atoms with E-state index in [-0.39, 0.29) is 0 Å². The summed E-state index contributed by atoms with van der Waals surface area (Å²) in [5.41, 5.74) is 32.7. The second-order valence-corrected chi connectivity index (χ2v) is 34.9. The highest BCUT2D eigenvalue weighted by Crippen LogP contribution is 2.29. The van der Waals surface area contributed by atoms with Gasteiger partial charge in [-0.2, -0.15) is 10.4 Å². The van der Waals surface area contributed by atoms with Gasteiger partial charge in [0.1, 0.15) is 28.1 Å². The summed E-state index contributed by atoms with van der Waals surface area (Å²) in [6.45, 7) is 49.9. The number of thiazole rings is 1. The van der Waals surface area contributed by atoms with E-state index in [0.717, 1.165) is 136 Å². The molecule has 19 rings (SSSR count). The number of benzene rings is 4.